The standard InChI is InChI=1S/C14H25N5O/c1-9(2)12-11(15)13(17-16-12)14(20)19-7-5-6-18(4)8-10(19)3/h9-10H,5-8,15H2,1-4H3,(H,16,17). The number of hydrogen-bond acceptors (Lipinski definition) is 4. The zero-order valence-electron chi connectivity index (χ0n) is 12.8. The fourth-order valence-electron chi connectivity index (χ4n) is 2.78. The van der Waals surface area contributed by atoms with Crippen molar-refractivity contribution in [2.45, 2.75) is 39.2 Å². The Morgan fingerprint density at radius 2 is 2.15 bits per heavy atom. The van der Waals surface area contributed by atoms with Crippen LogP contribution in [0.4, 0.5) is 5.69 Å². The monoisotopic (exact) mass is 279 g/mol. The largest absolute Gasteiger partial charge is 0.395 e. The van der Waals surface area contributed by atoms with Crippen LogP contribution in [0.2, 0.25) is 0 Å². The molecular formula is C14H25N5O. The van der Waals surface area contributed by atoms with Crippen molar-refractivity contribution in [3.63, 3.8) is 0 Å². The van der Waals surface area contributed by atoms with Crippen LogP contribution in [0.5, 0.6) is 0 Å². The second-order valence-electron chi connectivity index (χ2n) is 6.02. The maximum absolute atomic E-state index is 12.7. The Hall–Kier alpha value is -1.56. The van der Waals surface area contributed by atoms with Crippen LogP contribution in [-0.2, 0) is 0 Å². The van der Waals surface area contributed by atoms with Gasteiger partial charge in [-0.25, -0.2) is 0 Å². The molecule has 1 amide bonds. The molecule has 20 heavy (non-hydrogen) atoms. The molecule has 0 spiro atoms. The first-order valence-electron chi connectivity index (χ1n) is 7.25. The molecule has 6 nitrogen and oxygen atoms in total. The van der Waals surface area contributed by atoms with Gasteiger partial charge < -0.3 is 15.5 Å². The van der Waals surface area contributed by atoms with E-state index in [2.05, 4.69) is 29.1 Å². The highest BCUT2D eigenvalue weighted by atomic mass is 16.2. The fraction of sp³-hybridized carbons (Fsp3) is 0.714. The van der Waals surface area contributed by atoms with Crippen LogP contribution in [0, 0.1) is 0 Å². The van der Waals surface area contributed by atoms with Gasteiger partial charge in [-0.1, -0.05) is 13.8 Å². The number of aromatic amines is 1. The van der Waals surface area contributed by atoms with Crippen LogP contribution >= 0.6 is 0 Å². The molecule has 0 saturated carbocycles. The molecule has 1 fully saturated rings. The zero-order chi connectivity index (χ0) is 14.9. The summed E-state index contributed by atoms with van der Waals surface area (Å²) in [6.45, 7) is 8.79. The molecular weight excluding hydrogens is 254 g/mol. The molecule has 1 unspecified atom stereocenters. The number of aromatic nitrogens is 2. The predicted octanol–water partition coefficient (Wildman–Crippen LogP) is 1.28. The van der Waals surface area contributed by atoms with E-state index in [9.17, 15) is 4.79 Å². The van der Waals surface area contributed by atoms with Crippen molar-refractivity contribution in [1.82, 2.24) is 20.0 Å². The van der Waals surface area contributed by atoms with E-state index >= 15 is 0 Å². The van der Waals surface area contributed by atoms with Gasteiger partial charge in [0.1, 0.15) is 0 Å². The minimum atomic E-state index is -0.0616. The lowest BCUT2D eigenvalue weighted by atomic mass is 10.1. The normalized spacial score (nSPS) is 21.2. The number of nitrogens with one attached hydrogen (secondary N) is 1. The lowest BCUT2D eigenvalue weighted by Gasteiger charge is -2.27. The molecule has 1 aliphatic heterocycles. The number of carbonyl (C=O) groups is 1. The molecule has 1 aromatic heterocycles. The Kier molecular flexibility index (Phi) is 4.32. The Morgan fingerprint density at radius 1 is 1.45 bits per heavy atom. The van der Waals surface area contributed by atoms with Gasteiger partial charge >= 0.3 is 0 Å². The second kappa shape index (κ2) is 5.83. The molecule has 112 valence electrons. The maximum atomic E-state index is 12.7. The van der Waals surface area contributed by atoms with Crippen LogP contribution in [-0.4, -0.2) is 58.6 Å². The van der Waals surface area contributed by atoms with Gasteiger partial charge in [-0.05, 0) is 32.9 Å². The summed E-state index contributed by atoms with van der Waals surface area (Å²) < 4.78 is 0. The van der Waals surface area contributed by atoms with E-state index in [0.717, 1.165) is 31.7 Å². The summed E-state index contributed by atoms with van der Waals surface area (Å²) in [5, 5.41) is 7.04. The zero-order valence-corrected chi connectivity index (χ0v) is 12.8. The average molecular weight is 279 g/mol. The van der Waals surface area contributed by atoms with E-state index in [0.29, 0.717) is 11.4 Å². The molecule has 1 aliphatic rings. The highest BCUT2D eigenvalue weighted by Gasteiger charge is 2.28. The molecule has 0 radical (unpaired) electrons. The van der Waals surface area contributed by atoms with Crippen molar-refractivity contribution in [2.24, 2.45) is 0 Å². The van der Waals surface area contributed by atoms with Gasteiger partial charge in [0.2, 0.25) is 0 Å². The predicted molar refractivity (Wildman–Crippen MR) is 79.7 cm³/mol. The minimum Gasteiger partial charge on any atom is -0.395 e. The van der Waals surface area contributed by atoms with Crippen molar-refractivity contribution < 1.29 is 4.79 Å². The van der Waals surface area contributed by atoms with E-state index in [4.69, 9.17) is 5.73 Å². The van der Waals surface area contributed by atoms with Crippen molar-refractivity contribution >= 4 is 11.6 Å². The van der Waals surface area contributed by atoms with E-state index in [1.165, 1.54) is 0 Å². The quantitative estimate of drug-likeness (QED) is 0.855. The van der Waals surface area contributed by atoms with Gasteiger partial charge in [0, 0.05) is 19.1 Å². The number of nitrogens with zero attached hydrogens (tertiary/aromatic N) is 3. The first-order valence-corrected chi connectivity index (χ1v) is 7.25. The number of nitrogens with two attached hydrogens (primary N) is 1. The number of likely N-dealkylation sites (N-methyl/N-ethyl adjacent to an activating group) is 1. The van der Waals surface area contributed by atoms with Crippen LogP contribution in [0.3, 0.4) is 0 Å². The summed E-state index contributed by atoms with van der Waals surface area (Å²) in [5.41, 5.74) is 7.77. The Bertz CT molecular complexity index is 482. The summed E-state index contributed by atoms with van der Waals surface area (Å²) in [4.78, 5) is 16.8. The third-order valence-electron chi connectivity index (χ3n) is 3.92. The lowest BCUT2D eigenvalue weighted by molar-refractivity contribution is 0.0691. The van der Waals surface area contributed by atoms with E-state index in [-0.39, 0.29) is 17.9 Å². The van der Waals surface area contributed by atoms with E-state index in [1.807, 2.05) is 18.7 Å². The Morgan fingerprint density at radius 3 is 2.75 bits per heavy atom. The third kappa shape index (κ3) is 2.80. The smallest absolute Gasteiger partial charge is 0.276 e. The molecule has 1 aromatic rings. The molecule has 2 rings (SSSR count). The molecule has 0 bridgehead atoms. The van der Waals surface area contributed by atoms with Gasteiger partial charge in [0.25, 0.3) is 5.91 Å². The number of nitrogen functional groups attached to an aromatic ring is 1. The number of rotatable bonds is 2. The summed E-state index contributed by atoms with van der Waals surface area (Å²) in [6.07, 6.45) is 0.980. The van der Waals surface area contributed by atoms with Gasteiger partial charge in [0.15, 0.2) is 5.69 Å². The second-order valence-corrected chi connectivity index (χ2v) is 6.02. The number of carbonyl (C=O) groups excluding carboxylic acids is 1. The molecule has 6 heteroatoms. The van der Waals surface area contributed by atoms with Gasteiger partial charge in [-0.2, -0.15) is 5.10 Å². The van der Waals surface area contributed by atoms with Crippen molar-refractivity contribution in [3.05, 3.63) is 11.4 Å². The van der Waals surface area contributed by atoms with E-state index < -0.39 is 0 Å². The number of H-pyrrole nitrogens is 1. The molecule has 1 saturated heterocycles. The number of hydrogen-bond donors (Lipinski definition) is 2. The summed E-state index contributed by atoms with van der Waals surface area (Å²) in [7, 11) is 2.09. The van der Waals surface area contributed by atoms with Crippen LogP contribution < -0.4 is 5.73 Å². The SMILES string of the molecule is CC(C)c1[nH]nc(C(=O)N2CCCN(C)CC2C)c1N. The molecule has 0 aromatic carbocycles. The third-order valence-corrected chi connectivity index (χ3v) is 3.92. The van der Waals surface area contributed by atoms with Crippen LogP contribution in [0.25, 0.3) is 0 Å². The molecule has 2 heterocycles. The highest BCUT2D eigenvalue weighted by molar-refractivity contribution is 5.97. The highest BCUT2D eigenvalue weighted by Crippen LogP contribution is 2.24. The first kappa shape index (κ1) is 14.8. The Labute approximate surface area is 120 Å². The van der Waals surface area contributed by atoms with Crippen molar-refractivity contribution in [1.29, 1.82) is 0 Å². The van der Waals surface area contributed by atoms with Crippen molar-refractivity contribution in [3.8, 4) is 0 Å². The van der Waals surface area contributed by atoms with Crippen LogP contribution in [0.1, 0.15) is 49.3 Å². The average Bonchev–Trinajstić information content (AvgIpc) is 2.66. The first-order chi connectivity index (χ1) is 9.41. The lowest BCUT2D eigenvalue weighted by Crippen LogP contribution is -2.42. The molecule has 3 N–H and O–H groups in total. The van der Waals surface area contributed by atoms with E-state index in [1.54, 1.807) is 0 Å². The van der Waals surface area contributed by atoms with Gasteiger partial charge in [-0.15, -0.1) is 0 Å². The van der Waals surface area contributed by atoms with Crippen LogP contribution in [0.15, 0.2) is 0 Å². The van der Waals surface area contributed by atoms with Gasteiger partial charge in [-0.3, -0.25) is 9.89 Å². The summed E-state index contributed by atoms with van der Waals surface area (Å²) in [6, 6.07) is 0.175. The number of amides is 1. The molecule has 1 atom stereocenters. The summed E-state index contributed by atoms with van der Waals surface area (Å²) >= 11 is 0. The Balaban J connectivity index is 2.22. The van der Waals surface area contributed by atoms with Gasteiger partial charge in [0.05, 0.1) is 11.4 Å². The number of anilines is 1. The topological polar surface area (TPSA) is 78.2 Å². The maximum Gasteiger partial charge on any atom is 0.276 e. The fourth-order valence-corrected chi connectivity index (χ4v) is 2.78. The summed E-state index contributed by atoms with van der Waals surface area (Å²) in [5.74, 6) is 0.171. The molecule has 0 aliphatic carbocycles. The van der Waals surface area contributed by atoms with Crippen molar-refractivity contribution in [2.75, 3.05) is 32.4 Å². The minimum absolute atomic E-state index is 0.0616.